The number of benzene rings is 4. The van der Waals surface area contributed by atoms with Gasteiger partial charge in [0.25, 0.3) is 0 Å². The molecule has 458 valence electrons. The quantitative estimate of drug-likeness (QED) is 0.0373. The predicted octanol–water partition coefficient (Wildman–Crippen LogP) is 17.1. The third-order valence-electron chi connectivity index (χ3n) is 14.3. The van der Waals surface area contributed by atoms with E-state index in [1.165, 1.54) is 25.7 Å². The molecule has 0 aliphatic carbocycles. The molecule has 4 aromatic rings. The van der Waals surface area contributed by atoms with Crippen LogP contribution in [-0.2, 0) is 43.3 Å². The molecule has 0 bridgehead atoms. The van der Waals surface area contributed by atoms with E-state index in [0.717, 1.165) is 25.7 Å². The molecule has 6 N–H and O–H groups in total. The fraction of sp³-hybridized carbons (Fsp3) is 0.600. The highest BCUT2D eigenvalue weighted by Crippen LogP contribution is 2.46. The minimum absolute atomic E-state index is 0.161. The molecule has 12 nitrogen and oxygen atoms in total. The number of aromatic carboxylic acids is 2. The molecular weight excluding hydrogens is 1030 g/mol. The number of aromatic hydroxyl groups is 2. The largest absolute Gasteiger partial charge is 0.507 e. The van der Waals surface area contributed by atoms with Crippen LogP contribution in [0.25, 0.3) is 0 Å². The fourth-order valence-electron chi connectivity index (χ4n) is 9.33. The summed E-state index contributed by atoms with van der Waals surface area (Å²) in [6.45, 7) is 48.1. The number of phenolic OH excluding ortho intramolecular Hbond substituents is 2. The Balaban J connectivity index is 0.000000467. The standard InChI is InChI=1S/2C30H42O5.C10H22O2/c2*1-27(2,3)19-15-18(16-20(23(19)31)28(4,5)6)26(34)35-24-21(29(7,8)9)13-17(25(32)33)14-22(24)30(10,11)12;11-9-7-5-3-1-2-4-6-8-10-12/h2*13-16,31H,1-12H3,(H,32,33);11-12H,1-10H2. The van der Waals surface area contributed by atoms with Gasteiger partial charge in [0.2, 0.25) is 0 Å². The van der Waals surface area contributed by atoms with Crippen molar-refractivity contribution < 1.29 is 59.3 Å². The van der Waals surface area contributed by atoms with Gasteiger partial charge in [-0.25, -0.2) is 19.2 Å². The van der Waals surface area contributed by atoms with Crippen molar-refractivity contribution >= 4 is 23.9 Å². The van der Waals surface area contributed by atoms with E-state index >= 15 is 0 Å². The Morgan fingerprint density at radius 3 is 0.634 bits per heavy atom. The molecule has 0 heterocycles. The lowest BCUT2D eigenvalue weighted by molar-refractivity contribution is 0.0684. The summed E-state index contributed by atoms with van der Waals surface area (Å²) in [5.41, 5.74) is 2.87. The van der Waals surface area contributed by atoms with E-state index in [9.17, 15) is 39.6 Å². The van der Waals surface area contributed by atoms with Gasteiger partial charge in [-0.1, -0.05) is 205 Å². The van der Waals surface area contributed by atoms with Gasteiger partial charge in [0.15, 0.2) is 0 Å². The number of unbranched alkanes of at least 4 members (excludes halogenated alkanes) is 7. The van der Waals surface area contributed by atoms with Crippen LogP contribution in [0.2, 0.25) is 0 Å². The van der Waals surface area contributed by atoms with Crippen molar-refractivity contribution in [3.63, 3.8) is 0 Å². The maximum absolute atomic E-state index is 13.6. The second kappa shape index (κ2) is 27.8. The van der Waals surface area contributed by atoms with Gasteiger partial charge in [0.05, 0.1) is 22.3 Å². The van der Waals surface area contributed by atoms with Gasteiger partial charge < -0.3 is 40.1 Å². The van der Waals surface area contributed by atoms with Gasteiger partial charge in [0.1, 0.15) is 23.0 Å². The van der Waals surface area contributed by atoms with Crippen LogP contribution in [0.3, 0.4) is 0 Å². The van der Waals surface area contributed by atoms with Crippen LogP contribution in [0, 0.1) is 0 Å². The molecule has 82 heavy (non-hydrogen) atoms. The Hall–Kier alpha value is -5.72. The normalized spacial score (nSPS) is 12.7. The average molecular weight is 1140 g/mol. The number of aliphatic hydroxyl groups is 2. The summed E-state index contributed by atoms with van der Waals surface area (Å²) in [5.74, 6) is -1.97. The Morgan fingerprint density at radius 2 is 0.476 bits per heavy atom. The molecule has 0 unspecified atom stereocenters. The number of aliphatic hydroxyl groups excluding tert-OH is 2. The molecule has 0 radical (unpaired) electrons. The van der Waals surface area contributed by atoms with Crippen LogP contribution in [0.15, 0.2) is 48.5 Å². The summed E-state index contributed by atoms with van der Waals surface area (Å²) in [5, 5.41) is 58.5. The molecule has 12 heteroatoms. The number of carbonyl (C=O) groups is 4. The van der Waals surface area contributed by atoms with Crippen molar-refractivity contribution in [2.24, 2.45) is 0 Å². The van der Waals surface area contributed by atoms with E-state index in [0.29, 0.717) is 80.3 Å². The smallest absolute Gasteiger partial charge is 0.343 e. The highest BCUT2D eigenvalue weighted by atomic mass is 16.5. The van der Waals surface area contributed by atoms with Crippen LogP contribution < -0.4 is 9.47 Å². The van der Waals surface area contributed by atoms with Gasteiger partial charge in [-0.2, -0.15) is 0 Å². The molecule has 0 saturated heterocycles. The maximum Gasteiger partial charge on any atom is 0.343 e. The molecule has 0 aliphatic rings. The number of esters is 2. The first-order chi connectivity index (χ1) is 37.0. The Bertz CT molecular complexity index is 2510. The Kier molecular flexibility index (Phi) is 24.5. The van der Waals surface area contributed by atoms with E-state index in [4.69, 9.17) is 19.7 Å². The average Bonchev–Trinajstić information content (AvgIpc) is 3.29. The lowest BCUT2D eigenvalue weighted by Gasteiger charge is -2.30. The van der Waals surface area contributed by atoms with Crippen LogP contribution in [0.4, 0.5) is 0 Å². The molecule has 0 fully saturated rings. The zero-order valence-corrected chi connectivity index (χ0v) is 54.8. The van der Waals surface area contributed by atoms with Crippen molar-refractivity contribution in [1.29, 1.82) is 0 Å². The molecule has 4 aromatic carbocycles. The van der Waals surface area contributed by atoms with Gasteiger partial charge >= 0.3 is 23.9 Å². The van der Waals surface area contributed by atoms with Crippen LogP contribution in [-0.4, -0.2) is 67.7 Å². The molecule has 0 spiro atoms. The molecule has 0 aliphatic heterocycles. The summed E-state index contributed by atoms with van der Waals surface area (Å²) in [4.78, 5) is 51.0. The molecule has 0 atom stereocenters. The van der Waals surface area contributed by atoms with Crippen LogP contribution in [0.1, 0.15) is 303 Å². The zero-order valence-electron chi connectivity index (χ0n) is 54.8. The van der Waals surface area contributed by atoms with Crippen molar-refractivity contribution in [1.82, 2.24) is 0 Å². The fourth-order valence-corrected chi connectivity index (χ4v) is 9.33. The van der Waals surface area contributed by atoms with Crippen LogP contribution >= 0.6 is 0 Å². The number of carboxylic acid groups (broad SMARTS) is 2. The number of carbonyl (C=O) groups excluding carboxylic acids is 2. The highest BCUT2D eigenvalue weighted by Gasteiger charge is 2.35. The predicted molar refractivity (Wildman–Crippen MR) is 334 cm³/mol. The molecular formula is C70H106O12. The minimum Gasteiger partial charge on any atom is -0.507 e. The number of hydrogen-bond donors (Lipinski definition) is 6. The number of phenols is 2. The first-order valence-corrected chi connectivity index (χ1v) is 29.3. The minimum atomic E-state index is -1.03. The second-order valence-corrected chi connectivity index (χ2v) is 30.3. The Morgan fingerprint density at radius 1 is 0.305 bits per heavy atom. The van der Waals surface area contributed by atoms with E-state index in [-0.39, 0.29) is 22.6 Å². The van der Waals surface area contributed by atoms with E-state index in [2.05, 4.69) is 0 Å². The van der Waals surface area contributed by atoms with Crippen molar-refractivity contribution in [2.45, 2.75) is 261 Å². The van der Waals surface area contributed by atoms with Gasteiger partial charge in [-0.05, 0) is 105 Å². The van der Waals surface area contributed by atoms with E-state index in [1.807, 2.05) is 166 Å². The molecule has 0 aromatic heterocycles. The summed E-state index contributed by atoms with van der Waals surface area (Å²) in [6, 6.07) is 13.2. The lowest BCUT2D eigenvalue weighted by Crippen LogP contribution is -2.24. The summed E-state index contributed by atoms with van der Waals surface area (Å²) in [7, 11) is 0. The van der Waals surface area contributed by atoms with Crippen molar-refractivity contribution in [3.8, 4) is 23.0 Å². The summed E-state index contributed by atoms with van der Waals surface area (Å²) >= 11 is 0. The SMILES string of the molecule is CC(C)(C)c1cc(C(=O)Oc2c(C(C)(C)C)cc(C(=O)O)cc2C(C)(C)C)cc(C(C)(C)C)c1O.CC(C)(C)c1cc(C(=O)Oc2c(C(C)(C)C)cc(C(=O)O)cc2C(C)(C)C)cc(C(C)(C)C)c1O.OCCCCCCCCCCO. The molecule has 0 amide bonds. The van der Waals surface area contributed by atoms with Crippen molar-refractivity contribution in [2.75, 3.05) is 13.2 Å². The number of rotatable bonds is 15. The molecule has 4 rings (SSSR count). The van der Waals surface area contributed by atoms with Crippen LogP contribution in [0.5, 0.6) is 23.0 Å². The number of carboxylic acids is 2. The topological polar surface area (TPSA) is 208 Å². The third kappa shape index (κ3) is 20.6. The third-order valence-corrected chi connectivity index (χ3v) is 14.3. The van der Waals surface area contributed by atoms with E-state index in [1.54, 1.807) is 48.5 Å². The summed E-state index contributed by atoms with van der Waals surface area (Å²) in [6.07, 6.45) is 9.30. The lowest BCUT2D eigenvalue weighted by atomic mass is 9.78. The van der Waals surface area contributed by atoms with Gasteiger partial charge in [0, 0.05) is 57.7 Å². The number of ether oxygens (including phenoxy) is 2. The Labute approximate surface area is 493 Å². The maximum atomic E-state index is 13.6. The first kappa shape index (κ1) is 72.4. The first-order valence-electron chi connectivity index (χ1n) is 29.3. The highest BCUT2D eigenvalue weighted by molar-refractivity contribution is 5.95. The second-order valence-electron chi connectivity index (χ2n) is 30.3. The number of hydrogen-bond acceptors (Lipinski definition) is 10. The molecule has 0 saturated carbocycles. The van der Waals surface area contributed by atoms with Crippen molar-refractivity contribution in [3.05, 3.63) is 115 Å². The summed E-state index contributed by atoms with van der Waals surface area (Å²) < 4.78 is 12.2. The van der Waals surface area contributed by atoms with Gasteiger partial charge in [-0.15, -0.1) is 0 Å². The zero-order chi connectivity index (χ0) is 63.7. The van der Waals surface area contributed by atoms with E-state index < -0.39 is 67.2 Å². The monoisotopic (exact) mass is 1140 g/mol. The van der Waals surface area contributed by atoms with Gasteiger partial charge in [-0.3, -0.25) is 0 Å².